The number of unbranched alkanes of at least 4 members (excludes halogenated alkanes) is 1. The third-order valence-corrected chi connectivity index (χ3v) is 5.19. The molecule has 0 aliphatic carbocycles. The van der Waals surface area contributed by atoms with Crippen molar-refractivity contribution in [2.75, 3.05) is 19.8 Å². The highest BCUT2D eigenvalue weighted by Gasteiger charge is 2.27. The molecule has 3 nitrogen and oxygen atoms in total. The van der Waals surface area contributed by atoms with Crippen LogP contribution in [0, 0.1) is 17.5 Å². The first-order valence-corrected chi connectivity index (χ1v) is 10.3. The molecule has 2 aromatic carbocycles. The number of halogens is 3. The molecule has 0 amide bonds. The zero-order valence-electron chi connectivity index (χ0n) is 17.1. The Morgan fingerprint density at radius 2 is 1.90 bits per heavy atom. The van der Waals surface area contributed by atoms with Crippen molar-refractivity contribution in [2.24, 2.45) is 0 Å². The van der Waals surface area contributed by atoms with Crippen LogP contribution >= 0.6 is 0 Å². The van der Waals surface area contributed by atoms with Gasteiger partial charge in [-0.3, -0.25) is 0 Å². The van der Waals surface area contributed by atoms with Crippen LogP contribution in [-0.4, -0.2) is 26.1 Å². The van der Waals surface area contributed by atoms with Crippen molar-refractivity contribution in [1.82, 2.24) is 0 Å². The highest BCUT2D eigenvalue weighted by atomic mass is 19.2. The molecule has 3 rings (SSSR count). The van der Waals surface area contributed by atoms with Crippen LogP contribution < -0.4 is 4.74 Å². The first kappa shape index (κ1) is 22.4. The van der Waals surface area contributed by atoms with Crippen LogP contribution in [0.25, 0.3) is 11.1 Å². The molecule has 0 radical (unpaired) electrons. The van der Waals surface area contributed by atoms with Crippen LogP contribution in [0.5, 0.6) is 5.75 Å². The number of ether oxygens (including phenoxy) is 3. The minimum absolute atomic E-state index is 0.0202. The molecule has 1 aliphatic rings. The van der Waals surface area contributed by atoms with Crippen molar-refractivity contribution >= 4 is 0 Å². The molecule has 2 aromatic rings. The SMILES string of the molecule is C=CCOc1ccc(-c2ccc(C3CCC(OCCCC)OC3)c(F)c2F)c(F)c1. The van der Waals surface area contributed by atoms with Crippen molar-refractivity contribution in [2.45, 2.75) is 44.8 Å². The predicted octanol–water partition coefficient (Wildman–Crippen LogP) is 6.37. The van der Waals surface area contributed by atoms with E-state index in [9.17, 15) is 13.2 Å². The molecule has 2 unspecified atom stereocenters. The molecule has 0 spiro atoms. The van der Waals surface area contributed by atoms with Crippen molar-refractivity contribution in [3.05, 3.63) is 66.0 Å². The van der Waals surface area contributed by atoms with E-state index in [4.69, 9.17) is 14.2 Å². The van der Waals surface area contributed by atoms with Crippen LogP contribution in [0.2, 0.25) is 0 Å². The lowest BCUT2D eigenvalue weighted by Crippen LogP contribution is -2.28. The van der Waals surface area contributed by atoms with E-state index in [0.29, 0.717) is 25.2 Å². The first-order valence-electron chi connectivity index (χ1n) is 10.3. The van der Waals surface area contributed by atoms with Crippen molar-refractivity contribution in [3.8, 4) is 16.9 Å². The van der Waals surface area contributed by atoms with E-state index < -0.39 is 17.5 Å². The Morgan fingerprint density at radius 3 is 2.57 bits per heavy atom. The van der Waals surface area contributed by atoms with Gasteiger partial charge < -0.3 is 14.2 Å². The number of hydrogen-bond acceptors (Lipinski definition) is 3. The largest absolute Gasteiger partial charge is 0.489 e. The third-order valence-electron chi connectivity index (χ3n) is 5.19. The molecule has 1 aliphatic heterocycles. The predicted molar refractivity (Wildman–Crippen MR) is 110 cm³/mol. The monoisotopic (exact) mass is 420 g/mol. The Labute approximate surface area is 175 Å². The first-order chi connectivity index (χ1) is 14.5. The van der Waals surface area contributed by atoms with Crippen LogP contribution in [0.3, 0.4) is 0 Å². The molecule has 162 valence electrons. The summed E-state index contributed by atoms with van der Waals surface area (Å²) in [5.41, 5.74) is 0.101. The van der Waals surface area contributed by atoms with Crippen LogP contribution in [0.1, 0.15) is 44.1 Å². The minimum Gasteiger partial charge on any atom is -0.489 e. The average Bonchev–Trinajstić information content (AvgIpc) is 2.75. The molecule has 1 fully saturated rings. The van der Waals surface area contributed by atoms with Gasteiger partial charge in [0.15, 0.2) is 17.9 Å². The van der Waals surface area contributed by atoms with E-state index >= 15 is 0 Å². The summed E-state index contributed by atoms with van der Waals surface area (Å²) in [6, 6.07) is 6.98. The average molecular weight is 420 g/mol. The van der Waals surface area contributed by atoms with Gasteiger partial charge in [-0.25, -0.2) is 13.2 Å². The summed E-state index contributed by atoms with van der Waals surface area (Å²) >= 11 is 0. The quantitative estimate of drug-likeness (QED) is 0.348. The molecular formula is C24H27F3O3. The van der Waals surface area contributed by atoms with Gasteiger partial charge in [-0.05, 0) is 37.0 Å². The smallest absolute Gasteiger partial charge is 0.167 e. The topological polar surface area (TPSA) is 27.7 Å². The Bertz CT molecular complexity index is 861. The molecule has 0 aromatic heterocycles. The third kappa shape index (κ3) is 5.24. The highest BCUT2D eigenvalue weighted by Crippen LogP contribution is 2.35. The molecule has 2 atom stereocenters. The van der Waals surface area contributed by atoms with Crippen LogP contribution in [0.4, 0.5) is 13.2 Å². The number of benzene rings is 2. The zero-order valence-corrected chi connectivity index (χ0v) is 17.1. The van der Waals surface area contributed by atoms with E-state index in [1.54, 1.807) is 0 Å². The van der Waals surface area contributed by atoms with Gasteiger partial charge in [-0.15, -0.1) is 0 Å². The van der Waals surface area contributed by atoms with Gasteiger partial charge in [-0.2, -0.15) is 0 Å². The van der Waals surface area contributed by atoms with Gasteiger partial charge >= 0.3 is 0 Å². The van der Waals surface area contributed by atoms with Gasteiger partial charge in [0.1, 0.15) is 18.2 Å². The van der Waals surface area contributed by atoms with Crippen LogP contribution in [0.15, 0.2) is 43.0 Å². The molecule has 1 saturated heterocycles. The second-order valence-electron chi connectivity index (χ2n) is 7.33. The molecular weight excluding hydrogens is 393 g/mol. The Hall–Kier alpha value is -2.31. The van der Waals surface area contributed by atoms with Gasteiger partial charge in [0, 0.05) is 29.7 Å². The minimum atomic E-state index is -1.06. The summed E-state index contributed by atoms with van der Waals surface area (Å²) in [6.45, 7) is 6.73. The lowest BCUT2D eigenvalue weighted by Gasteiger charge is -2.29. The fourth-order valence-corrected chi connectivity index (χ4v) is 3.51. The van der Waals surface area contributed by atoms with Crippen molar-refractivity contribution < 1.29 is 27.4 Å². The Morgan fingerprint density at radius 1 is 1.10 bits per heavy atom. The summed E-state index contributed by atoms with van der Waals surface area (Å²) in [7, 11) is 0. The fraction of sp³-hybridized carbons (Fsp3) is 0.417. The lowest BCUT2D eigenvalue weighted by atomic mass is 9.90. The number of hydrogen-bond donors (Lipinski definition) is 0. The van der Waals surface area contributed by atoms with Gasteiger partial charge in [0.05, 0.1) is 6.61 Å². The second kappa shape index (κ2) is 10.6. The van der Waals surface area contributed by atoms with Gasteiger partial charge in [-0.1, -0.05) is 38.1 Å². The zero-order chi connectivity index (χ0) is 21.5. The summed E-state index contributed by atoms with van der Waals surface area (Å²) in [5, 5.41) is 0. The molecule has 30 heavy (non-hydrogen) atoms. The fourth-order valence-electron chi connectivity index (χ4n) is 3.51. The maximum absolute atomic E-state index is 14.8. The normalized spacial score (nSPS) is 18.9. The maximum atomic E-state index is 14.8. The van der Waals surface area contributed by atoms with Crippen molar-refractivity contribution in [1.29, 1.82) is 0 Å². The van der Waals surface area contributed by atoms with E-state index in [1.807, 2.05) is 0 Å². The van der Waals surface area contributed by atoms with E-state index in [-0.39, 0.29) is 42.1 Å². The standard InChI is InChI=1S/C24H27F3O3/c1-3-5-13-29-22-11-6-16(15-30-22)18-9-10-20(24(27)23(18)26)19-8-7-17(14-21(19)25)28-12-4-2/h4,7-10,14,16,22H,2-3,5-6,11-13,15H2,1H3. The second-order valence-corrected chi connectivity index (χ2v) is 7.33. The summed E-state index contributed by atoms with van der Waals surface area (Å²) in [5.74, 6) is -2.68. The molecule has 0 bridgehead atoms. The summed E-state index contributed by atoms with van der Waals surface area (Å²) in [4.78, 5) is 0. The molecule has 0 saturated carbocycles. The summed E-state index contributed by atoms with van der Waals surface area (Å²) < 4.78 is 60.7. The molecule has 0 N–H and O–H groups in total. The van der Waals surface area contributed by atoms with Crippen LogP contribution in [-0.2, 0) is 9.47 Å². The van der Waals surface area contributed by atoms with Gasteiger partial charge in [0.2, 0.25) is 0 Å². The van der Waals surface area contributed by atoms with E-state index in [2.05, 4.69) is 13.5 Å². The number of rotatable bonds is 9. The molecule has 1 heterocycles. The Kier molecular flexibility index (Phi) is 7.94. The van der Waals surface area contributed by atoms with E-state index in [0.717, 1.165) is 18.9 Å². The van der Waals surface area contributed by atoms with Gasteiger partial charge in [0.25, 0.3) is 0 Å². The Balaban J connectivity index is 1.73. The lowest BCUT2D eigenvalue weighted by molar-refractivity contribution is -0.167. The van der Waals surface area contributed by atoms with E-state index in [1.165, 1.54) is 30.3 Å². The highest BCUT2D eigenvalue weighted by molar-refractivity contribution is 5.66. The molecule has 6 heteroatoms. The maximum Gasteiger partial charge on any atom is 0.167 e. The summed E-state index contributed by atoms with van der Waals surface area (Å²) in [6.07, 6.45) is 4.50. The van der Waals surface area contributed by atoms with Crippen molar-refractivity contribution in [3.63, 3.8) is 0 Å².